The van der Waals surface area contributed by atoms with Crippen molar-refractivity contribution in [1.29, 1.82) is 0 Å². The van der Waals surface area contributed by atoms with Crippen LogP contribution in [0.5, 0.6) is 0 Å². The Balaban J connectivity index is 2.94. The summed E-state index contributed by atoms with van der Waals surface area (Å²) in [6.45, 7) is 0.294. The molecule has 6 N–H and O–H groups in total. The summed E-state index contributed by atoms with van der Waals surface area (Å²) >= 11 is 5.89. The third-order valence-electron chi connectivity index (χ3n) is 2.21. The third kappa shape index (κ3) is 2.82. The number of anilines is 1. The quantitative estimate of drug-likeness (QED) is 0.572. The zero-order chi connectivity index (χ0) is 11.4. The van der Waals surface area contributed by atoms with E-state index in [1.54, 1.807) is 18.2 Å². The van der Waals surface area contributed by atoms with E-state index < -0.39 is 12.2 Å². The van der Waals surface area contributed by atoms with Crippen LogP contribution < -0.4 is 11.5 Å². The van der Waals surface area contributed by atoms with Gasteiger partial charge in [-0.05, 0) is 25.1 Å². The molecule has 0 fully saturated rings. The predicted molar refractivity (Wildman–Crippen MR) is 60.5 cm³/mol. The number of nitrogens with two attached hydrogens (primary N) is 2. The normalized spacial score (nSPS) is 14.9. The van der Waals surface area contributed by atoms with Crippen molar-refractivity contribution < 1.29 is 10.2 Å². The van der Waals surface area contributed by atoms with Gasteiger partial charge in [0.1, 0.15) is 6.10 Å². The van der Waals surface area contributed by atoms with Crippen LogP contribution >= 0.6 is 11.6 Å². The molecule has 0 amide bonds. The molecule has 2 unspecified atom stereocenters. The lowest BCUT2D eigenvalue weighted by Gasteiger charge is -2.20. The van der Waals surface area contributed by atoms with Gasteiger partial charge in [-0.3, -0.25) is 0 Å². The van der Waals surface area contributed by atoms with Gasteiger partial charge in [-0.2, -0.15) is 0 Å². The van der Waals surface area contributed by atoms with Crippen LogP contribution in [0.2, 0.25) is 5.02 Å². The molecule has 0 saturated carbocycles. The maximum Gasteiger partial charge on any atom is 0.108 e. The van der Waals surface area contributed by atoms with Gasteiger partial charge in [-0.15, -0.1) is 0 Å². The van der Waals surface area contributed by atoms with Gasteiger partial charge in [-0.1, -0.05) is 17.7 Å². The van der Waals surface area contributed by atoms with Crippen molar-refractivity contribution in [2.45, 2.75) is 18.6 Å². The van der Waals surface area contributed by atoms with Crippen molar-refractivity contribution in [3.05, 3.63) is 28.8 Å². The van der Waals surface area contributed by atoms with Crippen molar-refractivity contribution in [2.24, 2.45) is 5.73 Å². The molecule has 0 aliphatic carbocycles. The molecule has 0 saturated heterocycles. The van der Waals surface area contributed by atoms with E-state index >= 15 is 0 Å². The molecule has 0 radical (unpaired) electrons. The average Bonchev–Trinajstić information content (AvgIpc) is 2.17. The minimum atomic E-state index is -1.10. The molecule has 1 rings (SSSR count). The lowest BCUT2D eigenvalue weighted by atomic mass is 10.0. The molecule has 2 atom stereocenters. The van der Waals surface area contributed by atoms with E-state index in [-0.39, 0.29) is 0 Å². The molecule has 5 heteroatoms. The van der Waals surface area contributed by atoms with Crippen LogP contribution in [-0.4, -0.2) is 22.9 Å². The van der Waals surface area contributed by atoms with Gasteiger partial charge in [0, 0.05) is 16.3 Å². The fraction of sp³-hybridized carbons (Fsp3) is 0.400. The van der Waals surface area contributed by atoms with E-state index in [1.807, 2.05) is 0 Å². The average molecular weight is 231 g/mol. The van der Waals surface area contributed by atoms with Gasteiger partial charge >= 0.3 is 0 Å². The molecule has 0 aliphatic rings. The summed E-state index contributed by atoms with van der Waals surface area (Å²) in [4.78, 5) is 0. The lowest BCUT2D eigenvalue weighted by molar-refractivity contribution is 0.0155. The minimum Gasteiger partial charge on any atom is -0.398 e. The van der Waals surface area contributed by atoms with Gasteiger partial charge in [0.25, 0.3) is 0 Å². The van der Waals surface area contributed by atoms with Crippen LogP contribution in [0.3, 0.4) is 0 Å². The second kappa shape index (κ2) is 5.32. The zero-order valence-corrected chi connectivity index (χ0v) is 8.98. The lowest BCUT2D eigenvalue weighted by Crippen LogP contribution is -2.22. The van der Waals surface area contributed by atoms with E-state index in [9.17, 15) is 10.2 Å². The summed E-state index contributed by atoms with van der Waals surface area (Å²) in [5.74, 6) is 0. The Morgan fingerprint density at radius 2 is 2.00 bits per heavy atom. The number of rotatable bonds is 4. The molecule has 0 bridgehead atoms. The first-order valence-corrected chi connectivity index (χ1v) is 5.05. The third-order valence-corrected chi connectivity index (χ3v) is 2.54. The Morgan fingerprint density at radius 3 is 2.53 bits per heavy atom. The molecule has 1 aromatic carbocycles. The van der Waals surface area contributed by atoms with Crippen LogP contribution in [0.25, 0.3) is 0 Å². The summed E-state index contributed by atoms with van der Waals surface area (Å²) in [5.41, 5.74) is 11.7. The predicted octanol–water partition coefficient (Wildman–Crippen LogP) is 0.665. The first-order chi connectivity index (χ1) is 7.07. The number of benzene rings is 1. The maximum atomic E-state index is 9.81. The molecule has 0 aromatic heterocycles. The number of aliphatic hydroxyl groups is 2. The fourth-order valence-electron chi connectivity index (χ4n) is 1.39. The summed E-state index contributed by atoms with van der Waals surface area (Å²) in [7, 11) is 0. The van der Waals surface area contributed by atoms with E-state index in [4.69, 9.17) is 23.1 Å². The van der Waals surface area contributed by atoms with Crippen molar-refractivity contribution in [3.63, 3.8) is 0 Å². The smallest absolute Gasteiger partial charge is 0.108 e. The molecule has 0 aliphatic heterocycles. The second-order valence-electron chi connectivity index (χ2n) is 3.33. The summed E-state index contributed by atoms with van der Waals surface area (Å²) in [5, 5.41) is 19.7. The number of hydrogen-bond donors (Lipinski definition) is 4. The first-order valence-electron chi connectivity index (χ1n) is 4.68. The Kier molecular flexibility index (Phi) is 4.35. The molecule has 15 heavy (non-hydrogen) atoms. The van der Waals surface area contributed by atoms with Gasteiger partial charge in [0.15, 0.2) is 0 Å². The number of aliphatic hydroxyl groups excluding tert-OH is 2. The SMILES string of the molecule is NCCC(O)C(O)c1c(N)cccc1Cl. The summed E-state index contributed by atoms with van der Waals surface area (Å²) in [6.07, 6.45) is -1.74. The topological polar surface area (TPSA) is 92.5 Å². The highest BCUT2D eigenvalue weighted by Gasteiger charge is 2.22. The minimum absolute atomic E-state index is 0.294. The fourth-order valence-corrected chi connectivity index (χ4v) is 1.68. The van der Waals surface area contributed by atoms with Gasteiger partial charge < -0.3 is 21.7 Å². The maximum absolute atomic E-state index is 9.81. The first kappa shape index (κ1) is 12.3. The number of hydrogen-bond acceptors (Lipinski definition) is 4. The second-order valence-corrected chi connectivity index (χ2v) is 3.74. The monoisotopic (exact) mass is 230 g/mol. The van der Waals surface area contributed by atoms with Gasteiger partial charge in [0.2, 0.25) is 0 Å². The van der Waals surface area contributed by atoms with Gasteiger partial charge in [0.05, 0.1) is 6.10 Å². The van der Waals surface area contributed by atoms with E-state index in [2.05, 4.69) is 0 Å². The Hall–Kier alpha value is -0.810. The Bertz CT molecular complexity index is 313. The van der Waals surface area contributed by atoms with Crippen molar-refractivity contribution in [3.8, 4) is 0 Å². The number of nitrogen functional groups attached to an aromatic ring is 1. The van der Waals surface area contributed by atoms with E-state index in [0.29, 0.717) is 29.2 Å². The standard InChI is InChI=1S/C10H15ClN2O2/c11-6-2-1-3-7(13)9(6)10(15)8(14)4-5-12/h1-3,8,10,14-15H,4-5,12-13H2. The van der Waals surface area contributed by atoms with Crippen LogP contribution in [0.1, 0.15) is 18.1 Å². The molecule has 4 nitrogen and oxygen atoms in total. The van der Waals surface area contributed by atoms with E-state index in [0.717, 1.165) is 0 Å². The Labute approximate surface area is 93.5 Å². The molecular weight excluding hydrogens is 216 g/mol. The summed E-state index contributed by atoms with van der Waals surface area (Å²) < 4.78 is 0. The zero-order valence-electron chi connectivity index (χ0n) is 8.23. The van der Waals surface area contributed by atoms with Crippen LogP contribution in [0, 0.1) is 0 Å². The van der Waals surface area contributed by atoms with E-state index in [1.165, 1.54) is 0 Å². The summed E-state index contributed by atoms with van der Waals surface area (Å²) in [6, 6.07) is 4.93. The molecule has 0 spiro atoms. The van der Waals surface area contributed by atoms with Crippen LogP contribution in [0.15, 0.2) is 18.2 Å². The highest BCUT2D eigenvalue weighted by atomic mass is 35.5. The highest BCUT2D eigenvalue weighted by molar-refractivity contribution is 6.31. The van der Waals surface area contributed by atoms with Crippen LogP contribution in [-0.2, 0) is 0 Å². The molecule has 0 heterocycles. The van der Waals surface area contributed by atoms with Crippen molar-refractivity contribution in [2.75, 3.05) is 12.3 Å². The number of halogens is 1. The largest absolute Gasteiger partial charge is 0.398 e. The molecule has 1 aromatic rings. The van der Waals surface area contributed by atoms with Crippen molar-refractivity contribution >= 4 is 17.3 Å². The molecule has 84 valence electrons. The highest BCUT2D eigenvalue weighted by Crippen LogP contribution is 2.31. The van der Waals surface area contributed by atoms with Gasteiger partial charge in [-0.25, -0.2) is 0 Å². The molecular formula is C10H15ClN2O2. The van der Waals surface area contributed by atoms with Crippen molar-refractivity contribution in [1.82, 2.24) is 0 Å². The Morgan fingerprint density at radius 1 is 1.33 bits per heavy atom. The van der Waals surface area contributed by atoms with Crippen LogP contribution in [0.4, 0.5) is 5.69 Å².